The fourth-order valence-corrected chi connectivity index (χ4v) is 12.9. The Balaban J connectivity index is 0.903. The molecule has 390 valence electrons. The highest BCUT2D eigenvalue weighted by Crippen LogP contribution is 2.48. The fourth-order valence-electron chi connectivity index (χ4n) is 12.9. The van der Waals surface area contributed by atoms with Gasteiger partial charge in [0.05, 0.1) is 44.5 Å². The van der Waals surface area contributed by atoms with Gasteiger partial charge in [-0.15, -0.1) is 0 Å². The van der Waals surface area contributed by atoms with Crippen LogP contribution in [0.5, 0.6) is 0 Å². The van der Waals surface area contributed by atoms with Crippen molar-refractivity contribution in [1.82, 2.24) is 13.7 Å². The molecule has 0 radical (unpaired) electrons. The molecule has 0 saturated carbocycles. The molecular formula is C78H53N5. The van der Waals surface area contributed by atoms with E-state index in [9.17, 15) is 0 Å². The van der Waals surface area contributed by atoms with Crippen LogP contribution in [-0.2, 0) is 0 Å². The molecule has 0 unspecified atom stereocenters. The maximum atomic E-state index is 2.42. The minimum absolute atomic E-state index is 1.10. The molecule has 3 aromatic heterocycles. The van der Waals surface area contributed by atoms with Gasteiger partial charge in [-0.1, -0.05) is 164 Å². The van der Waals surface area contributed by atoms with Crippen LogP contribution in [0.4, 0.5) is 34.1 Å². The van der Waals surface area contributed by atoms with Gasteiger partial charge in [-0.3, -0.25) is 0 Å². The Morgan fingerprint density at radius 1 is 0.193 bits per heavy atom. The molecule has 0 N–H and O–H groups in total. The van der Waals surface area contributed by atoms with E-state index < -0.39 is 0 Å². The summed E-state index contributed by atoms with van der Waals surface area (Å²) < 4.78 is 7.27. The van der Waals surface area contributed by atoms with Crippen molar-refractivity contribution in [2.45, 2.75) is 0 Å². The van der Waals surface area contributed by atoms with Gasteiger partial charge in [0.15, 0.2) is 0 Å². The Bertz CT molecular complexity index is 4670. The Morgan fingerprint density at radius 2 is 0.446 bits per heavy atom. The van der Waals surface area contributed by atoms with Gasteiger partial charge in [0, 0.05) is 72.1 Å². The van der Waals surface area contributed by atoms with Crippen molar-refractivity contribution in [2.75, 3.05) is 9.80 Å². The standard InChI is InChI=1S/C78H53N5/c1-8-24-58(25-9-1)79(59-26-10-2-11-27-59)73-38-22-40-75-77(73)67-52-56(44-48-71(67)82(75)63-34-18-6-19-35-63)54-42-46-69-65(50-54)66-51-55(43-47-70(66)81(69)62-32-16-5-17-33-62)57-45-49-72-68(53-57)78-74(39-23-41-76(78)83(72)64-36-20-7-21-37-64)80(60-28-12-3-13-29-60)61-30-14-4-15-31-61/h1-53H. The van der Waals surface area contributed by atoms with E-state index in [2.05, 4.69) is 345 Å². The molecule has 3 heterocycles. The van der Waals surface area contributed by atoms with Crippen LogP contribution in [-0.4, -0.2) is 13.7 Å². The summed E-state index contributed by atoms with van der Waals surface area (Å²) in [7, 11) is 0. The third-order valence-corrected chi connectivity index (χ3v) is 16.6. The topological polar surface area (TPSA) is 21.3 Å². The molecule has 5 nitrogen and oxygen atoms in total. The summed E-state index contributed by atoms with van der Waals surface area (Å²) >= 11 is 0. The molecule has 0 aliphatic rings. The summed E-state index contributed by atoms with van der Waals surface area (Å²) in [5, 5.41) is 7.14. The maximum absolute atomic E-state index is 2.42. The summed E-state index contributed by atoms with van der Waals surface area (Å²) in [6.07, 6.45) is 0. The second kappa shape index (κ2) is 19.9. The lowest BCUT2D eigenvalue weighted by atomic mass is 9.98. The van der Waals surface area contributed by atoms with Gasteiger partial charge < -0.3 is 23.5 Å². The minimum Gasteiger partial charge on any atom is -0.310 e. The van der Waals surface area contributed by atoms with E-state index in [-0.39, 0.29) is 0 Å². The van der Waals surface area contributed by atoms with Crippen molar-refractivity contribution in [2.24, 2.45) is 0 Å². The van der Waals surface area contributed by atoms with Gasteiger partial charge in [-0.25, -0.2) is 0 Å². The molecule has 5 heteroatoms. The highest BCUT2D eigenvalue weighted by Gasteiger charge is 2.25. The van der Waals surface area contributed by atoms with Crippen molar-refractivity contribution in [3.63, 3.8) is 0 Å². The number of hydrogen-bond acceptors (Lipinski definition) is 2. The van der Waals surface area contributed by atoms with Gasteiger partial charge >= 0.3 is 0 Å². The first-order valence-corrected chi connectivity index (χ1v) is 28.4. The van der Waals surface area contributed by atoms with Crippen molar-refractivity contribution < 1.29 is 0 Å². The largest absolute Gasteiger partial charge is 0.310 e. The van der Waals surface area contributed by atoms with Gasteiger partial charge in [-0.2, -0.15) is 0 Å². The lowest BCUT2D eigenvalue weighted by molar-refractivity contribution is 1.18. The number of aromatic nitrogens is 3. The van der Waals surface area contributed by atoms with E-state index in [4.69, 9.17) is 0 Å². The molecule has 0 aliphatic heterocycles. The van der Waals surface area contributed by atoms with E-state index >= 15 is 0 Å². The zero-order chi connectivity index (χ0) is 54.8. The normalized spacial score (nSPS) is 11.6. The summed E-state index contributed by atoms with van der Waals surface area (Å²) in [6, 6.07) is 117. The Hall–Kier alpha value is -11.1. The van der Waals surface area contributed by atoms with Crippen LogP contribution >= 0.6 is 0 Å². The van der Waals surface area contributed by atoms with E-state index in [1.165, 1.54) is 32.3 Å². The average Bonchev–Trinajstić information content (AvgIpc) is 2.05. The van der Waals surface area contributed by atoms with E-state index in [0.717, 1.165) is 107 Å². The number of para-hydroxylation sites is 7. The number of fused-ring (bicyclic) bond motifs is 9. The number of rotatable bonds is 11. The molecule has 0 fully saturated rings. The Labute approximate surface area is 481 Å². The van der Waals surface area contributed by atoms with Gasteiger partial charge in [0.2, 0.25) is 0 Å². The van der Waals surface area contributed by atoms with Gasteiger partial charge in [-0.05, 0) is 180 Å². The van der Waals surface area contributed by atoms with Crippen LogP contribution in [0.3, 0.4) is 0 Å². The second-order valence-corrected chi connectivity index (χ2v) is 21.3. The predicted octanol–water partition coefficient (Wildman–Crippen LogP) is 21.3. The van der Waals surface area contributed by atoms with Crippen molar-refractivity contribution in [3.8, 4) is 39.3 Å². The van der Waals surface area contributed by atoms with E-state index in [1.807, 2.05) is 0 Å². The molecule has 16 aromatic rings. The SMILES string of the molecule is c1ccc(N(c2ccccc2)c2cccc3c2c2cc(-c4ccc5c(c4)c4cc(-c6ccc7c(c6)c6c(N(c8ccccc8)c8ccccc8)cccc6n7-c6ccccc6)ccc4n5-c4ccccc4)ccc2n3-c2ccccc2)cc1. The van der Waals surface area contributed by atoms with Gasteiger partial charge in [0.25, 0.3) is 0 Å². The molecule has 13 aromatic carbocycles. The summed E-state index contributed by atoms with van der Waals surface area (Å²) in [5.74, 6) is 0. The highest BCUT2D eigenvalue weighted by atomic mass is 15.2. The molecule has 0 aliphatic carbocycles. The zero-order valence-corrected chi connectivity index (χ0v) is 45.3. The number of benzene rings is 13. The number of anilines is 6. The average molecular weight is 1060 g/mol. The summed E-state index contributed by atoms with van der Waals surface area (Å²) in [5.41, 5.74) is 21.5. The third-order valence-electron chi connectivity index (χ3n) is 16.6. The lowest BCUT2D eigenvalue weighted by Crippen LogP contribution is -2.10. The smallest absolute Gasteiger partial charge is 0.0562 e. The van der Waals surface area contributed by atoms with E-state index in [0.29, 0.717) is 0 Å². The van der Waals surface area contributed by atoms with Crippen LogP contribution in [0.15, 0.2) is 322 Å². The maximum Gasteiger partial charge on any atom is 0.0562 e. The van der Waals surface area contributed by atoms with Crippen molar-refractivity contribution >= 4 is 99.5 Å². The first-order chi connectivity index (χ1) is 41.2. The monoisotopic (exact) mass is 1060 g/mol. The summed E-state index contributed by atoms with van der Waals surface area (Å²) in [6.45, 7) is 0. The van der Waals surface area contributed by atoms with Crippen LogP contribution in [0.25, 0.3) is 105 Å². The minimum atomic E-state index is 1.10. The van der Waals surface area contributed by atoms with E-state index in [1.54, 1.807) is 0 Å². The molecular weight excluding hydrogens is 1010 g/mol. The van der Waals surface area contributed by atoms with Crippen LogP contribution < -0.4 is 9.80 Å². The lowest BCUT2D eigenvalue weighted by Gasteiger charge is -2.26. The van der Waals surface area contributed by atoms with Crippen LogP contribution in [0.1, 0.15) is 0 Å². The highest BCUT2D eigenvalue weighted by molar-refractivity contribution is 6.20. The van der Waals surface area contributed by atoms with Crippen LogP contribution in [0.2, 0.25) is 0 Å². The quantitative estimate of drug-likeness (QED) is 0.129. The molecule has 0 spiro atoms. The van der Waals surface area contributed by atoms with Crippen LogP contribution in [0, 0.1) is 0 Å². The number of hydrogen-bond donors (Lipinski definition) is 0. The van der Waals surface area contributed by atoms with Gasteiger partial charge in [0.1, 0.15) is 0 Å². The number of nitrogens with zero attached hydrogens (tertiary/aromatic N) is 5. The molecule has 0 atom stereocenters. The first kappa shape index (κ1) is 47.8. The Morgan fingerprint density at radius 3 is 0.747 bits per heavy atom. The molecule has 83 heavy (non-hydrogen) atoms. The molecule has 0 saturated heterocycles. The third kappa shape index (κ3) is 8.01. The second-order valence-electron chi connectivity index (χ2n) is 21.3. The zero-order valence-electron chi connectivity index (χ0n) is 45.3. The molecule has 0 bridgehead atoms. The van der Waals surface area contributed by atoms with Crippen molar-refractivity contribution in [3.05, 3.63) is 322 Å². The fraction of sp³-hybridized carbons (Fsp3) is 0. The summed E-state index contributed by atoms with van der Waals surface area (Å²) in [4.78, 5) is 4.79. The first-order valence-electron chi connectivity index (χ1n) is 28.4. The molecule has 0 amide bonds. The predicted molar refractivity (Wildman–Crippen MR) is 350 cm³/mol. The molecule has 16 rings (SSSR count). The van der Waals surface area contributed by atoms with Crippen molar-refractivity contribution in [1.29, 1.82) is 0 Å². The Kier molecular flexibility index (Phi) is 11.5.